The summed E-state index contributed by atoms with van der Waals surface area (Å²) in [6, 6.07) is 0. The molecule has 2 rings (SSSR count). The third-order valence-electron chi connectivity index (χ3n) is 2.55. The van der Waals surface area contributed by atoms with Crippen LogP contribution in [0.4, 0.5) is 4.79 Å². The predicted octanol–water partition coefficient (Wildman–Crippen LogP) is 1.77. The highest BCUT2D eigenvalue weighted by Gasteiger charge is 2.26. The van der Waals surface area contributed by atoms with E-state index in [-0.39, 0.29) is 12.2 Å². The zero-order chi connectivity index (χ0) is 9.10. The van der Waals surface area contributed by atoms with Gasteiger partial charge in [0.1, 0.15) is 6.10 Å². The van der Waals surface area contributed by atoms with Crippen LogP contribution in [0.15, 0.2) is 0 Å². The van der Waals surface area contributed by atoms with Crippen molar-refractivity contribution < 1.29 is 9.53 Å². The molecule has 0 radical (unpaired) electrons. The standard InChI is InChI=1S/C9H15NO2S/c11-9-10-6-7(12-9)5-8-3-1-2-4-13-8/h7-8H,1-6H2,(H,10,11). The van der Waals surface area contributed by atoms with Gasteiger partial charge in [-0.2, -0.15) is 11.8 Å². The molecule has 0 aromatic carbocycles. The highest BCUT2D eigenvalue weighted by atomic mass is 32.2. The van der Waals surface area contributed by atoms with Gasteiger partial charge in [-0.25, -0.2) is 4.79 Å². The number of hydrogen-bond donors (Lipinski definition) is 1. The minimum atomic E-state index is -0.245. The molecule has 2 heterocycles. The molecule has 2 atom stereocenters. The Bertz CT molecular complexity index is 192. The van der Waals surface area contributed by atoms with Crippen LogP contribution in [-0.4, -0.2) is 29.7 Å². The van der Waals surface area contributed by atoms with E-state index in [1.54, 1.807) is 0 Å². The van der Waals surface area contributed by atoms with Gasteiger partial charge < -0.3 is 10.1 Å². The zero-order valence-corrected chi connectivity index (χ0v) is 8.44. The van der Waals surface area contributed by atoms with Crippen LogP contribution in [0.5, 0.6) is 0 Å². The van der Waals surface area contributed by atoms with E-state index in [9.17, 15) is 4.79 Å². The molecule has 0 aromatic heterocycles. The largest absolute Gasteiger partial charge is 0.444 e. The topological polar surface area (TPSA) is 38.3 Å². The van der Waals surface area contributed by atoms with E-state index in [2.05, 4.69) is 5.32 Å². The number of thioether (sulfide) groups is 1. The van der Waals surface area contributed by atoms with Gasteiger partial charge in [0.2, 0.25) is 0 Å². The van der Waals surface area contributed by atoms with E-state index in [1.165, 1.54) is 25.0 Å². The molecule has 0 spiro atoms. The summed E-state index contributed by atoms with van der Waals surface area (Å²) < 4.78 is 5.10. The Labute approximate surface area is 82.6 Å². The highest BCUT2D eigenvalue weighted by molar-refractivity contribution is 7.99. The van der Waals surface area contributed by atoms with Crippen molar-refractivity contribution in [3.8, 4) is 0 Å². The molecule has 2 saturated heterocycles. The van der Waals surface area contributed by atoms with Crippen molar-refractivity contribution >= 4 is 17.9 Å². The van der Waals surface area contributed by atoms with E-state index in [0.717, 1.165) is 6.42 Å². The van der Waals surface area contributed by atoms with Gasteiger partial charge in [0.25, 0.3) is 0 Å². The Balaban J connectivity index is 1.73. The van der Waals surface area contributed by atoms with Crippen LogP contribution in [0.1, 0.15) is 25.7 Å². The lowest BCUT2D eigenvalue weighted by molar-refractivity contribution is 0.135. The Morgan fingerprint density at radius 3 is 3.08 bits per heavy atom. The second-order valence-electron chi connectivity index (χ2n) is 3.63. The molecule has 1 amide bonds. The van der Waals surface area contributed by atoms with Crippen molar-refractivity contribution in [3.63, 3.8) is 0 Å². The maximum Gasteiger partial charge on any atom is 0.407 e. The van der Waals surface area contributed by atoms with Crippen molar-refractivity contribution in [2.45, 2.75) is 37.0 Å². The first-order valence-electron chi connectivity index (χ1n) is 4.90. The number of hydrogen-bond acceptors (Lipinski definition) is 3. The molecule has 0 bridgehead atoms. The zero-order valence-electron chi connectivity index (χ0n) is 7.62. The van der Waals surface area contributed by atoms with Crippen molar-refractivity contribution in [3.05, 3.63) is 0 Å². The van der Waals surface area contributed by atoms with Crippen LogP contribution in [-0.2, 0) is 4.74 Å². The molecule has 2 aliphatic heterocycles. The molecule has 2 aliphatic rings. The normalized spacial score (nSPS) is 34.0. The fraction of sp³-hybridized carbons (Fsp3) is 0.889. The van der Waals surface area contributed by atoms with E-state index < -0.39 is 0 Å². The Morgan fingerprint density at radius 2 is 2.46 bits per heavy atom. The Hall–Kier alpha value is -0.380. The van der Waals surface area contributed by atoms with Gasteiger partial charge in [0.05, 0.1) is 6.54 Å². The van der Waals surface area contributed by atoms with Crippen LogP contribution >= 0.6 is 11.8 Å². The van der Waals surface area contributed by atoms with Gasteiger partial charge in [-0.1, -0.05) is 6.42 Å². The number of ether oxygens (including phenoxy) is 1. The maximum absolute atomic E-state index is 10.8. The number of carbonyl (C=O) groups is 1. The van der Waals surface area contributed by atoms with Crippen molar-refractivity contribution in [1.29, 1.82) is 0 Å². The van der Waals surface area contributed by atoms with Crippen LogP contribution in [0.2, 0.25) is 0 Å². The number of nitrogens with one attached hydrogen (secondary N) is 1. The Kier molecular flexibility index (Phi) is 2.98. The lowest BCUT2D eigenvalue weighted by Crippen LogP contribution is -2.21. The minimum Gasteiger partial charge on any atom is -0.444 e. The molecular weight excluding hydrogens is 186 g/mol. The molecule has 3 nitrogen and oxygen atoms in total. The molecule has 2 fully saturated rings. The van der Waals surface area contributed by atoms with Crippen molar-refractivity contribution in [2.24, 2.45) is 0 Å². The molecule has 0 saturated carbocycles. The summed E-state index contributed by atoms with van der Waals surface area (Å²) in [7, 11) is 0. The van der Waals surface area contributed by atoms with E-state index in [0.29, 0.717) is 11.8 Å². The minimum absolute atomic E-state index is 0.128. The maximum atomic E-state index is 10.8. The van der Waals surface area contributed by atoms with Gasteiger partial charge in [-0.05, 0) is 25.0 Å². The summed E-state index contributed by atoms with van der Waals surface area (Å²) in [5, 5.41) is 3.40. The van der Waals surface area contributed by atoms with Crippen molar-refractivity contribution in [2.75, 3.05) is 12.3 Å². The van der Waals surface area contributed by atoms with Crippen LogP contribution in [0.3, 0.4) is 0 Å². The van der Waals surface area contributed by atoms with Gasteiger partial charge in [-0.3, -0.25) is 0 Å². The first kappa shape index (κ1) is 9.19. The number of rotatable bonds is 2. The third-order valence-corrected chi connectivity index (χ3v) is 3.97. The van der Waals surface area contributed by atoms with Crippen LogP contribution in [0.25, 0.3) is 0 Å². The monoisotopic (exact) mass is 201 g/mol. The van der Waals surface area contributed by atoms with Crippen LogP contribution < -0.4 is 5.32 Å². The molecule has 13 heavy (non-hydrogen) atoms. The molecule has 4 heteroatoms. The summed E-state index contributed by atoms with van der Waals surface area (Å²) in [5.41, 5.74) is 0. The number of alkyl carbamates (subject to hydrolysis) is 1. The molecule has 1 N–H and O–H groups in total. The van der Waals surface area contributed by atoms with Gasteiger partial charge in [-0.15, -0.1) is 0 Å². The lowest BCUT2D eigenvalue weighted by Gasteiger charge is -2.22. The SMILES string of the molecule is O=C1NCC(CC2CCCCS2)O1. The fourth-order valence-corrected chi connectivity index (χ4v) is 3.24. The summed E-state index contributed by atoms with van der Waals surface area (Å²) in [4.78, 5) is 10.8. The second-order valence-corrected chi connectivity index (χ2v) is 5.04. The molecule has 74 valence electrons. The molecular formula is C9H15NO2S. The van der Waals surface area contributed by atoms with E-state index in [1.807, 2.05) is 11.8 Å². The second kappa shape index (κ2) is 4.22. The highest BCUT2D eigenvalue weighted by Crippen LogP contribution is 2.29. The lowest BCUT2D eigenvalue weighted by atomic mass is 10.1. The third kappa shape index (κ3) is 2.53. The number of cyclic esters (lactones) is 1. The number of carbonyl (C=O) groups excluding carboxylic acids is 1. The first-order valence-corrected chi connectivity index (χ1v) is 5.95. The molecule has 0 aromatic rings. The van der Waals surface area contributed by atoms with E-state index >= 15 is 0 Å². The number of amides is 1. The van der Waals surface area contributed by atoms with Gasteiger partial charge >= 0.3 is 6.09 Å². The van der Waals surface area contributed by atoms with Crippen LogP contribution in [0, 0.1) is 0 Å². The average molecular weight is 201 g/mol. The Morgan fingerprint density at radius 1 is 1.54 bits per heavy atom. The quantitative estimate of drug-likeness (QED) is 0.740. The summed E-state index contributed by atoms with van der Waals surface area (Å²) >= 11 is 2.03. The van der Waals surface area contributed by atoms with E-state index in [4.69, 9.17) is 4.74 Å². The van der Waals surface area contributed by atoms with Gasteiger partial charge in [0, 0.05) is 5.25 Å². The predicted molar refractivity (Wildman–Crippen MR) is 53.0 cm³/mol. The van der Waals surface area contributed by atoms with Gasteiger partial charge in [0.15, 0.2) is 0 Å². The average Bonchev–Trinajstić information content (AvgIpc) is 2.53. The molecule has 0 aliphatic carbocycles. The first-order chi connectivity index (χ1) is 6.34. The summed E-state index contributed by atoms with van der Waals surface area (Å²) in [5.74, 6) is 1.28. The smallest absolute Gasteiger partial charge is 0.407 e. The summed E-state index contributed by atoms with van der Waals surface area (Å²) in [6.45, 7) is 0.704. The summed E-state index contributed by atoms with van der Waals surface area (Å²) in [6.07, 6.45) is 4.89. The molecule has 2 unspecified atom stereocenters. The fourth-order valence-electron chi connectivity index (χ4n) is 1.85. The van der Waals surface area contributed by atoms with Crippen molar-refractivity contribution in [1.82, 2.24) is 5.32 Å².